The zero-order valence-corrected chi connectivity index (χ0v) is 34.9. The third-order valence-electron chi connectivity index (χ3n) is 13.6. The van der Waals surface area contributed by atoms with Crippen molar-refractivity contribution in [3.63, 3.8) is 0 Å². The van der Waals surface area contributed by atoms with Crippen molar-refractivity contribution in [1.82, 2.24) is 0 Å². The van der Waals surface area contributed by atoms with Crippen LogP contribution < -0.4 is 62.8 Å². The molecule has 9 aromatic rings. The highest BCUT2D eigenvalue weighted by atomic mass is 28.3. The number of anilines is 3. The molecule has 12 rings (SSSR count). The van der Waals surface area contributed by atoms with Gasteiger partial charge in [-0.3, -0.25) is 0 Å². The van der Waals surface area contributed by atoms with Gasteiger partial charge < -0.3 is 4.90 Å². The maximum atomic E-state index is 2.71. The summed E-state index contributed by atoms with van der Waals surface area (Å²) in [6, 6.07) is 86.2. The summed E-state index contributed by atoms with van der Waals surface area (Å²) in [5.41, 5.74) is 12.1. The minimum absolute atomic E-state index is 0.0601. The van der Waals surface area contributed by atoms with E-state index in [-0.39, 0.29) is 6.71 Å². The lowest BCUT2D eigenvalue weighted by Gasteiger charge is -2.52. The van der Waals surface area contributed by atoms with Crippen LogP contribution in [-0.2, 0) is 0 Å². The molecule has 4 heteroatoms. The van der Waals surface area contributed by atoms with Gasteiger partial charge in [0.25, 0.3) is 0 Å². The Morgan fingerprint density at radius 1 is 0.373 bits per heavy atom. The summed E-state index contributed by atoms with van der Waals surface area (Å²) in [5.74, 6) is 0. The Morgan fingerprint density at radius 2 is 0.847 bits per heavy atom. The van der Waals surface area contributed by atoms with Gasteiger partial charge >= 0.3 is 0 Å². The average Bonchev–Trinajstić information content (AvgIpc) is 3.31. The molecule has 0 bridgehead atoms. The highest BCUT2D eigenvalue weighted by Gasteiger charge is 2.56. The van der Waals surface area contributed by atoms with E-state index < -0.39 is 16.1 Å². The van der Waals surface area contributed by atoms with E-state index >= 15 is 0 Å². The molecule has 59 heavy (non-hydrogen) atoms. The molecule has 0 spiro atoms. The van der Waals surface area contributed by atoms with Crippen LogP contribution in [0.15, 0.2) is 224 Å². The predicted molar refractivity (Wildman–Crippen MR) is 257 cm³/mol. The van der Waals surface area contributed by atoms with E-state index in [4.69, 9.17) is 0 Å². The molecule has 0 radical (unpaired) electrons. The van der Waals surface area contributed by atoms with Crippen molar-refractivity contribution in [2.45, 2.75) is 6.92 Å². The molecule has 0 unspecified atom stereocenters. The highest BCUT2D eigenvalue weighted by Crippen LogP contribution is 2.41. The van der Waals surface area contributed by atoms with Crippen molar-refractivity contribution in [3.05, 3.63) is 230 Å². The summed E-state index contributed by atoms with van der Waals surface area (Å²) < 4.78 is 0. The van der Waals surface area contributed by atoms with Crippen LogP contribution in [0.25, 0.3) is 11.1 Å². The second-order valence-electron chi connectivity index (χ2n) is 16.4. The van der Waals surface area contributed by atoms with Crippen LogP contribution in [0.2, 0.25) is 0 Å². The normalized spacial score (nSPS) is 14.7. The number of nitrogens with zero attached hydrogens (tertiary/aromatic N) is 1. The molecule has 3 aliphatic rings. The third kappa shape index (κ3) is 4.61. The van der Waals surface area contributed by atoms with Crippen molar-refractivity contribution in [1.29, 1.82) is 0 Å². The molecule has 0 atom stereocenters. The van der Waals surface area contributed by atoms with E-state index in [1.165, 1.54) is 91.6 Å². The van der Waals surface area contributed by atoms with Gasteiger partial charge in [-0.2, -0.15) is 0 Å². The van der Waals surface area contributed by atoms with E-state index in [1.807, 2.05) is 0 Å². The Balaban J connectivity index is 1.29. The number of benzene rings is 9. The summed E-state index contributed by atoms with van der Waals surface area (Å²) in [5, 5.41) is 11.5. The Kier molecular flexibility index (Phi) is 7.65. The predicted octanol–water partition coefficient (Wildman–Crippen LogP) is 5.34. The van der Waals surface area contributed by atoms with Crippen molar-refractivity contribution in [3.8, 4) is 11.1 Å². The van der Waals surface area contributed by atoms with Crippen molar-refractivity contribution in [2.24, 2.45) is 0 Å². The van der Waals surface area contributed by atoms with Gasteiger partial charge in [0.05, 0.1) is 0 Å². The fourth-order valence-corrected chi connectivity index (χ4v) is 21.8. The molecular weight excluding hydrogens is 742 g/mol. The standard InChI is InChI=1S/C55H40BNSi2/c1-39-21-14-15-30-45(39)40-37-49-54-53(38-40)58(41-22-6-2-7-23-41,42-24-8-3-9-25-42)50-34-18-16-31-46(50)56(54)47-32-20-36-52-55(47)57(49)48-33-17-19-35-51(48)59(52,43-26-10-4-11-27-43)44-28-12-5-13-29-44/h2-38H,1H3. The quantitative estimate of drug-likeness (QED) is 0.214. The number of hydrogen-bond donors (Lipinski definition) is 0. The Hall–Kier alpha value is -6.72. The van der Waals surface area contributed by atoms with Crippen molar-refractivity contribution in [2.75, 3.05) is 4.90 Å². The number of rotatable bonds is 5. The molecule has 276 valence electrons. The lowest BCUT2D eigenvalue weighted by molar-refractivity contribution is 1.30. The third-order valence-corrected chi connectivity index (χ3v) is 23.3. The van der Waals surface area contributed by atoms with Gasteiger partial charge in [-0.15, -0.1) is 0 Å². The first kappa shape index (κ1) is 34.3. The maximum absolute atomic E-state index is 2.92. The molecule has 3 heterocycles. The summed E-state index contributed by atoms with van der Waals surface area (Å²) >= 11 is 0. The number of para-hydroxylation sites is 2. The minimum Gasteiger partial charge on any atom is -0.312 e. The molecule has 0 saturated carbocycles. The Morgan fingerprint density at radius 3 is 1.46 bits per heavy atom. The number of aryl methyl sites for hydroxylation is 1. The summed E-state index contributed by atoms with van der Waals surface area (Å²) in [7, 11) is -5.75. The lowest BCUT2D eigenvalue weighted by Crippen LogP contribution is -2.88. The molecule has 9 aromatic carbocycles. The zero-order valence-electron chi connectivity index (χ0n) is 32.9. The second-order valence-corrected chi connectivity index (χ2v) is 23.8. The molecular formula is C55H40BNSi2. The Bertz CT molecular complexity index is 3000. The maximum Gasteiger partial charge on any atom is 0.246 e. The molecule has 0 aliphatic carbocycles. The van der Waals surface area contributed by atoms with Gasteiger partial charge in [-0.05, 0) is 88.2 Å². The van der Waals surface area contributed by atoms with E-state index in [2.05, 4.69) is 236 Å². The summed E-state index contributed by atoms with van der Waals surface area (Å²) in [6.07, 6.45) is 0. The molecule has 0 saturated heterocycles. The average molecular weight is 782 g/mol. The minimum atomic E-state index is -2.92. The lowest BCUT2D eigenvalue weighted by atomic mass is 9.34. The monoisotopic (exact) mass is 781 g/mol. The van der Waals surface area contributed by atoms with Crippen LogP contribution >= 0.6 is 0 Å². The van der Waals surface area contributed by atoms with Crippen molar-refractivity contribution < 1.29 is 0 Å². The molecule has 3 aliphatic heterocycles. The van der Waals surface area contributed by atoms with Crippen LogP contribution in [0.4, 0.5) is 17.1 Å². The fourth-order valence-electron chi connectivity index (χ4n) is 11.4. The first-order chi connectivity index (χ1) is 29.2. The smallest absolute Gasteiger partial charge is 0.246 e. The van der Waals surface area contributed by atoms with Crippen LogP contribution in [0.3, 0.4) is 0 Å². The molecule has 0 aromatic heterocycles. The fraction of sp³-hybridized carbons (Fsp3) is 0.0182. The van der Waals surface area contributed by atoms with Gasteiger partial charge in [-0.25, -0.2) is 0 Å². The van der Waals surface area contributed by atoms with Crippen molar-refractivity contribution >= 4 is 97.8 Å². The van der Waals surface area contributed by atoms with Gasteiger partial charge in [-0.1, -0.05) is 218 Å². The number of hydrogen-bond acceptors (Lipinski definition) is 1. The van der Waals surface area contributed by atoms with Gasteiger partial charge in [0.1, 0.15) is 0 Å². The summed E-state index contributed by atoms with van der Waals surface area (Å²) in [4.78, 5) is 2.71. The molecule has 0 fully saturated rings. The van der Waals surface area contributed by atoms with Gasteiger partial charge in [0.15, 0.2) is 16.1 Å². The zero-order chi connectivity index (χ0) is 39.1. The van der Waals surface area contributed by atoms with Crippen LogP contribution in [0.5, 0.6) is 0 Å². The van der Waals surface area contributed by atoms with E-state index in [0.29, 0.717) is 0 Å². The van der Waals surface area contributed by atoms with Crippen LogP contribution in [-0.4, -0.2) is 22.9 Å². The second kappa shape index (κ2) is 13.2. The molecule has 1 nitrogen and oxygen atoms in total. The first-order valence-corrected chi connectivity index (χ1v) is 24.8. The van der Waals surface area contributed by atoms with Gasteiger partial charge in [0.2, 0.25) is 6.71 Å². The van der Waals surface area contributed by atoms with E-state index in [1.54, 1.807) is 0 Å². The summed E-state index contributed by atoms with van der Waals surface area (Å²) in [6.45, 7) is 2.32. The van der Waals surface area contributed by atoms with E-state index in [9.17, 15) is 0 Å². The largest absolute Gasteiger partial charge is 0.312 e. The number of fused-ring (bicyclic) bond motifs is 6. The Labute approximate surface area is 349 Å². The van der Waals surface area contributed by atoms with Gasteiger partial charge in [0, 0.05) is 17.1 Å². The van der Waals surface area contributed by atoms with Crippen LogP contribution in [0, 0.1) is 6.92 Å². The van der Waals surface area contributed by atoms with E-state index in [0.717, 1.165) is 0 Å². The highest BCUT2D eigenvalue weighted by molar-refractivity contribution is 7.27. The SMILES string of the molecule is Cc1ccccc1-c1cc2c3c(c1)[Si](c1ccccc1)(c1ccccc1)c1ccccc1B3c1cccc3c1N2c1ccccc1[Si]3(c1ccccc1)c1ccccc1. The molecule has 0 amide bonds. The molecule has 0 N–H and O–H groups in total. The van der Waals surface area contributed by atoms with Crippen LogP contribution in [0.1, 0.15) is 5.56 Å². The topological polar surface area (TPSA) is 3.24 Å². The first-order valence-electron chi connectivity index (χ1n) is 20.8.